The normalized spacial score (nSPS) is 14.3. The molecule has 27 heavy (non-hydrogen) atoms. The molecule has 2 heterocycles. The fraction of sp³-hybridized carbons (Fsp3) is 0.0500. The van der Waals surface area contributed by atoms with Gasteiger partial charge in [-0.3, -0.25) is 19.3 Å². The molecule has 2 aromatic carbocycles. The van der Waals surface area contributed by atoms with Gasteiger partial charge >= 0.3 is 0 Å². The zero-order valence-corrected chi connectivity index (χ0v) is 15.0. The van der Waals surface area contributed by atoms with E-state index in [9.17, 15) is 14.3 Å². The second-order valence-electron chi connectivity index (χ2n) is 6.06. The van der Waals surface area contributed by atoms with E-state index in [1.807, 2.05) is 31.2 Å². The first-order chi connectivity index (χ1) is 13.0. The number of aliphatic imine (C=N–C) groups is 1. The lowest BCUT2D eigenvalue weighted by atomic mass is 10.0. The summed E-state index contributed by atoms with van der Waals surface area (Å²) >= 11 is 5.13. The van der Waals surface area contributed by atoms with Crippen LogP contribution in [0.2, 0.25) is 0 Å². The number of aromatic hydroxyl groups is 1. The number of halogens is 1. The average Bonchev–Trinajstić information content (AvgIpc) is 2.95. The maximum absolute atomic E-state index is 14.2. The quantitative estimate of drug-likeness (QED) is 0.649. The zero-order valence-electron chi connectivity index (χ0n) is 14.2. The molecule has 0 saturated heterocycles. The van der Waals surface area contributed by atoms with E-state index in [2.05, 4.69) is 9.98 Å². The molecule has 0 fully saturated rings. The molecule has 5 nitrogen and oxygen atoms in total. The first kappa shape index (κ1) is 17.1. The molecular formula is C20H14FN3O2S. The van der Waals surface area contributed by atoms with Crippen LogP contribution in [0.4, 0.5) is 10.1 Å². The standard InChI is InChI=1S/C20H14FN3O2S/c1-11-13(12-6-2-4-8-16(12)22-11)10-14-18(25)23-20(27)24(19(14)26)17-9-5-3-7-15(17)21/h2-10,26H,1H3,(H,23,25,27). The molecule has 0 amide bonds. The van der Waals surface area contributed by atoms with Gasteiger partial charge < -0.3 is 5.11 Å². The van der Waals surface area contributed by atoms with E-state index in [0.29, 0.717) is 5.57 Å². The van der Waals surface area contributed by atoms with Crippen LogP contribution in [-0.4, -0.2) is 20.4 Å². The molecule has 4 rings (SSSR count). The molecule has 0 spiro atoms. The molecule has 7 heteroatoms. The highest BCUT2D eigenvalue weighted by molar-refractivity contribution is 7.71. The Labute approximate surface area is 158 Å². The van der Waals surface area contributed by atoms with E-state index in [1.165, 1.54) is 18.2 Å². The summed E-state index contributed by atoms with van der Waals surface area (Å²) in [5.74, 6) is -1.00. The number of nitrogens with one attached hydrogen (secondary N) is 1. The Hall–Kier alpha value is -3.32. The highest BCUT2D eigenvalue weighted by Gasteiger charge is 2.20. The number of aromatic nitrogens is 2. The largest absolute Gasteiger partial charge is 0.494 e. The Bertz CT molecular complexity index is 1250. The summed E-state index contributed by atoms with van der Waals surface area (Å²) in [7, 11) is 0. The third kappa shape index (κ3) is 2.82. The predicted molar refractivity (Wildman–Crippen MR) is 106 cm³/mol. The van der Waals surface area contributed by atoms with Gasteiger partial charge in [0.15, 0.2) is 4.77 Å². The van der Waals surface area contributed by atoms with Gasteiger partial charge in [-0.2, -0.15) is 0 Å². The third-order valence-electron chi connectivity index (χ3n) is 4.38. The second kappa shape index (κ2) is 6.44. The Morgan fingerprint density at radius 2 is 1.89 bits per heavy atom. The van der Waals surface area contributed by atoms with Gasteiger partial charge in [-0.15, -0.1) is 0 Å². The van der Waals surface area contributed by atoms with Gasteiger partial charge in [-0.25, -0.2) is 4.39 Å². The van der Waals surface area contributed by atoms with E-state index in [1.54, 1.807) is 12.1 Å². The van der Waals surface area contributed by atoms with Crippen molar-refractivity contribution >= 4 is 35.3 Å². The van der Waals surface area contributed by atoms with Crippen LogP contribution < -0.4 is 5.56 Å². The number of aromatic amines is 1. The number of benzene rings is 2. The number of hydrogen-bond acceptors (Lipinski definition) is 4. The number of H-pyrrole nitrogens is 1. The SMILES string of the molecule is CC1=Nc2ccccc2C1=Cc1c(O)n(-c2ccccc2F)c(=S)[nH]c1=O. The topological polar surface area (TPSA) is 70.4 Å². The van der Waals surface area contributed by atoms with Gasteiger partial charge in [0, 0.05) is 16.8 Å². The second-order valence-corrected chi connectivity index (χ2v) is 6.44. The summed E-state index contributed by atoms with van der Waals surface area (Å²) in [6.45, 7) is 1.82. The average molecular weight is 379 g/mol. The van der Waals surface area contributed by atoms with Crippen molar-refractivity contribution in [2.75, 3.05) is 0 Å². The van der Waals surface area contributed by atoms with Crippen molar-refractivity contribution in [2.45, 2.75) is 6.92 Å². The van der Waals surface area contributed by atoms with Crippen molar-refractivity contribution in [3.63, 3.8) is 0 Å². The van der Waals surface area contributed by atoms with Crippen LogP contribution in [0.5, 0.6) is 5.88 Å². The van der Waals surface area contributed by atoms with Gasteiger partial charge in [0.2, 0.25) is 5.88 Å². The fourth-order valence-corrected chi connectivity index (χ4v) is 3.36. The number of nitrogens with zero attached hydrogens (tertiary/aromatic N) is 2. The van der Waals surface area contributed by atoms with Crippen molar-refractivity contribution in [3.8, 4) is 11.6 Å². The van der Waals surface area contributed by atoms with Crippen LogP contribution in [0.15, 0.2) is 58.3 Å². The van der Waals surface area contributed by atoms with Crippen LogP contribution in [0.1, 0.15) is 18.1 Å². The molecule has 1 aromatic heterocycles. The smallest absolute Gasteiger partial charge is 0.262 e. The van der Waals surface area contributed by atoms with Gasteiger partial charge in [-0.05, 0) is 43.4 Å². The molecule has 0 atom stereocenters. The Kier molecular flexibility index (Phi) is 4.08. The van der Waals surface area contributed by atoms with Crippen molar-refractivity contribution in [3.05, 3.63) is 80.6 Å². The lowest BCUT2D eigenvalue weighted by Crippen LogP contribution is -2.17. The third-order valence-corrected chi connectivity index (χ3v) is 4.66. The van der Waals surface area contributed by atoms with Crippen LogP contribution in [0.3, 0.4) is 0 Å². The monoisotopic (exact) mass is 379 g/mol. The van der Waals surface area contributed by atoms with Crippen LogP contribution >= 0.6 is 12.2 Å². The van der Waals surface area contributed by atoms with Crippen LogP contribution in [0.25, 0.3) is 17.3 Å². The summed E-state index contributed by atoms with van der Waals surface area (Å²) in [5, 5.41) is 10.7. The fourth-order valence-electron chi connectivity index (χ4n) is 3.09. The summed E-state index contributed by atoms with van der Waals surface area (Å²) in [4.78, 5) is 19.4. The van der Waals surface area contributed by atoms with E-state index in [-0.39, 0.29) is 16.0 Å². The summed E-state index contributed by atoms with van der Waals surface area (Å²) in [6, 6.07) is 13.4. The number of para-hydroxylation sites is 2. The summed E-state index contributed by atoms with van der Waals surface area (Å²) in [5.41, 5.74) is 2.54. The molecule has 0 aliphatic carbocycles. The molecule has 3 aromatic rings. The van der Waals surface area contributed by atoms with Gasteiger partial charge in [-0.1, -0.05) is 30.3 Å². The van der Waals surface area contributed by atoms with E-state index >= 15 is 0 Å². The highest BCUT2D eigenvalue weighted by Crippen LogP contribution is 2.36. The van der Waals surface area contributed by atoms with Gasteiger partial charge in [0.25, 0.3) is 5.56 Å². The van der Waals surface area contributed by atoms with Crippen molar-refractivity contribution in [1.29, 1.82) is 0 Å². The minimum atomic E-state index is -0.571. The van der Waals surface area contributed by atoms with E-state index in [0.717, 1.165) is 21.5 Å². The van der Waals surface area contributed by atoms with Crippen molar-refractivity contribution in [1.82, 2.24) is 9.55 Å². The minimum absolute atomic E-state index is 0.0203. The molecule has 1 aliphatic rings. The van der Waals surface area contributed by atoms with Gasteiger partial charge in [0.05, 0.1) is 11.4 Å². The van der Waals surface area contributed by atoms with Crippen molar-refractivity contribution < 1.29 is 9.50 Å². The molecular weight excluding hydrogens is 365 g/mol. The van der Waals surface area contributed by atoms with Crippen LogP contribution in [-0.2, 0) is 0 Å². The molecule has 2 N–H and O–H groups in total. The molecule has 0 unspecified atom stereocenters. The summed E-state index contributed by atoms with van der Waals surface area (Å²) in [6.07, 6.45) is 1.55. The number of fused-ring (bicyclic) bond motifs is 1. The minimum Gasteiger partial charge on any atom is -0.494 e. The molecule has 0 radical (unpaired) electrons. The summed E-state index contributed by atoms with van der Waals surface area (Å²) < 4.78 is 15.2. The van der Waals surface area contributed by atoms with Crippen molar-refractivity contribution in [2.24, 2.45) is 4.99 Å². The lowest BCUT2D eigenvalue weighted by Gasteiger charge is -2.12. The zero-order chi connectivity index (χ0) is 19.1. The maximum atomic E-state index is 14.2. The molecule has 0 saturated carbocycles. The molecule has 0 bridgehead atoms. The number of hydrogen-bond donors (Lipinski definition) is 2. The molecule has 1 aliphatic heterocycles. The maximum Gasteiger partial charge on any atom is 0.262 e. The Balaban J connectivity index is 1.98. The Morgan fingerprint density at radius 1 is 1.19 bits per heavy atom. The van der Waals surface area contributed by atoms with E-state index in [4.69, 9.17) is 12.2 Å². The van der Waals surface area contributed by atoms with Crippen LogP contribution in [0, 0.1) is 10.6 Å². The predicted octanol–water partition coefficient (Wildman–Crippen LogP) is 4.39. The highest BCUT2D eigenvalue weighted by atomic mass is 32.1. The Morgan fingerprint density at radius 3 is 2.67 bits per heavy atom. The lowest BCUT2D eigenvalue weighted by molar-refractivity contribution is 0.429. The van der Waals surface area contributed by atoms with E-state index < -0.39 is 17.3 Å². The van der Waals surface area contributed by atoms with Gasteiger partial charge in [0.1, 0.15) is 11.4 Å². The number of rotatable bonds is 2. The number of allylic oxidation sites excluding steroid dienone is 1. The first-order valence-corrected chi connectivity index (χ1v) is 8.58. The molecule has 134 valence electrons. The first-order valence-electron chi connectivity index (χ1n) is 8.17.